The van der Waals surface area contributed by atoms with Crippen LogP contribution in [0.15, 0.2) is 23.2 Å². The van der Waals surface area contributed by atoms with Gasteiger partial charge in [-0.1, -0.05) is 12.1 Å². The molecule has 0 aliphatic rings. The number of benzene rings is 1. The minimum atomic E-state index is 0.00997. The Morgan fingerprint density at radius 1 is 1.53 bits per heavy atom. The van der Waals surface area contributed by atoms with Gasteiger partial charge in [0.1, 0.15) is 12.4 Å². The Labute approximate surface area is 102 Å². The first-order valence-corrected chi connectivity index (χ1v) is 5.50. The fourth-order valence-corrected chi connectivity index (χ4v) is 1.33. The normalized spacial score (nSPS) is 12.1. The summed E-state index contributed by atoms with van der Waals surface area (Å²) in [5, 5.41) is 10.6. The molecule has 90 valence electrons. The van der Waals surface area contributed by atoms with Gasteiger partial charge in [0.2, 0.25) is 0 Å². The minimum absolute atomic E-state index is 0.00997. The van der Waals surface area contributed by atoms with Crippen LogP contribution in [0.2, 0.25) is 0 Å². The maximum Gasteiger partial charge on any atom is 0.182 e. The fraction of sp³-hybridized carbons (Fsp3) is 0.385. The average Bonchev–Trinajstić information content (AvgIpc) is 2.31. The van der Waals surface area contributed by atoms with E-state index in [1.54, 1.807) is 6.19 Å². The summed E-state index contributed by atoms with van der Waals surface area (Å²) < 4.78 is 5.69. The van der Waals surface area contributed by atoms with Crippen LogP contribution in [0.1, 0.15) is 18.1 Å². The van der Waals surface area contributed by atoms with E-state index >= 15 is 0 Å². The Kier molecular flexibility index (Phi) is 5.02. The Bertz CT molecular complexity index is 435. The third-order valence-corrected chi connectivity index (χ3v) is 2.49. The molecule has 4 nitrogen and oxygen atoms in total. The Morgan fingerprint density at radius 3 is 3.00 bits per heavy atom. The summed E-state index contributed by atoms with van der Waals surface area (Å²) in [6.07, 6.45) is 3.16. The molecule has 0 radical (unpaired) electrons. The summed E-state index contributed by atoms with van der Waals surface area (Å²) >= 11 is 0. The van der Waals surface area contributed by atoms with Gasteiger partial charge in [-0.15, -0.1) is 0 Å². The first kappa shape index (κ1) is 13.0. The molecule has 0 saturated heterocycles. The second-order valence-electron chi connectivity index (χ2n) is 3.89. The molecule has 1 aromatic carbocycles. The van der Waals surface area contributed by atoms with Crippen LogP contribution in [-0.4, -0.2) is 19.0 Å². The van der Waals surface area contributed by atoms with Crippen LogP contribution in [-0.2, 0) is 0 Å². The van der Waals surface area contributed by atoms with Crippen LogP contribution in [0, 0.1) is 25.3 Å². The van der Waals surface area contributed by atoms with Crippen LogP contribution in [0.4, 0.5) is 0 Å². The van der Waals surface area contributed by atoms with E-state index in [1.165, 1.54) is 11.9 Å². The summed E-state index contributed by atoms with van der Waals surface area (Å²) in [6, 6.07) is 5.99. The van der Waals surface area contributed by atoms with Gasteiger partial charge in [0.15, 0.2) is 6.19 Å². The molecule has 1 aromatic rings. The zero-order valence-electron chi connectivity index (χ0n) is 10.4. The smallest absolute Gasteiger partial charge is 0.182 e. The second kappa shape index (κ2) is 6.54. The SMILES string of the molecule is Cc1cccc(OC[C@@H](C)N=CNC#N)c1C. The van der Waals surface area contributed by atoms with Crippen LogP contribution >= 0.6 is 0 Å². The number of nitrogens with zero attached hydrogens (tertiary/aromatic N) is 2. The summed E-state index contributed by atoms with van der Waals surface area (Å²) in [5.74, 6) is 0.889. The van der Waals surface area contributed by atoms with Gasteiger partial charge >= 0.3 is 0 Å². The van der Waals surface area contributed by atoms with Crippen molar-refractivity contribution in [2.45, 2.75) is 26.8 Å². The molecule has 1 rings (SSSR count). The molecule has 1 N–H and O–H groups in total. The van der Waals surface area contributed by atoms with Crippen molar-refractivity contribution in [1.29, 1.82) is 5.26 Å². The number of rotatable bonds is 5. The zero-order chi connectivity index (χ0) is 12.7. The molecule has 0 aromatic heterocycles. The lowest BCUT2D eigenvalue weighted by Crippen LogP contribution is -2.14. The average molecular weight is 231 g/mol. The molecule has 0 fully saturated rings. The highest BCUT2D eigenvalue weighted by Gasteiger charge is 2.04. The predicted molar refractivity (Wildman–Crippen MR) is 68.1 cm³/mol. The van der Waals surface area contributed by atoms with Crippen molar-refractivity contribution in [2.75, 3.05) is 6.61 Å². The molecule has 4 heteroatoms. The Hall–Kier alpha value is -2.02. The van der Waals surface area contributed by atoms with Crippen LogP contribution in [0.25, 0.3) is 0 Å². The number of hydrogen-bond donors (Lipinski definition) is 1. The number of nitrogens with one attached hydrogen (secondary N) is 1. The van der Waals surface area contributed by atoms with Gasteiger partial charge < -0.3 is 4.74 Å². The molecule has 17 heavy (non-hydrogen) atoms. The van der Waals surface area contributed by atoms with E-state index in [-0.39, 0.29) is 6.04 Å². The first-order valence-electron chi connectivity index (χ1n) is 5.50. The first-order chi connectivity index (χ1) is 8.15. The van der Waals surface area contributed by atoms with Crippen molar-refractivity contribution in [1.82, 2.24) is 5.32 Å². The molecule has 0 spiro atoms. The van der Waals surface area contributed by atoms with Gasteiger partial charge in [0.05, 0.1) is 12.4 Å². The lowest BCUT2D eigenvalue weighted by atomic mass is 10.1. The highest BCUT2D eigenvalue weighted by atomic mass is 16.5. The van der Waals surface area contributed by atoms with Crippen LogP contribution in [0.3, 0.4) is 0 Å². The Morgan fingerprint density at radius 2 is 2.29 bits per heavy atom. The summed E-state index contributed by atoms with van der Waals surface area (Å²) in [7, 11) is 0. The van der Waals surface area contributed by atoms with Gasteiger partial charge in [0, 0.05) is 0 Å². The highest BCUT2D eigenvalue weighted by molar-refractivity contribution is 5.56. The third-order valence-electron chi connectivity index (χ3n) is 2.49. The van der Waals surface area contributed by atoms with Gasteiger partial charge in [-0.05, 0) is 38.0 Å². The minimum Gasteiger partial charge on any atom is -0.491 e. The van der Waals surface area contributed by atoms with Crippen molar-refractivity contribution in [3.8, 4) is 11.9 Å². The highest BCUT2D eigenvalue weighted by Crippen LogP contribution is 2.20. The van der Waals surface area contributed by atoms with Crippen LogP contribution in [0.5, 0.6) is 5.75 Å². The molecule has 0 saturated carbocycles. The number of aliphatic imine (C=N–C) groups is 1. The molecule has 0 aliphatic carbocycles. The van der Waals surface area contributed by atoms with Gasteiger partial charge in [0.25, 0.3) is 0 Å². The zero-order valence-corrected chi connectivity index (χ0v) is 10.4. The number of nitriles is 1. The second-order valence-corrected chi connectivity index (χ2v) is 3.89. The predicted octanol–water partition coefficient (Wildman–Crippen LogP) is 2.17. The Balaban J connectivity index is 2.51. The summed E-state index contributed by atoms with van der Waals surface area (Å²) in [5.41, 5.74) is 2.36. The number of ether oxygens (including phenoxy) is 1. The van der Waals surface area contributed by atoms with Gasteiger partial charge in [-0.3, -0.25) is 10.3 Å². The molecule has 0 bridgehead atoms. The standard InChI is InChI=1S/C13H17N3O/c1-10-5-4-6-13(12(10)3)17-7-11(2)16-9-15-8-14/h4-6,9,11H,7H2,1-3H3,(H,15,16)/t11-/m1/s1. The largest absolute Gasteiger partial charge is 0.491 e. The fourth-order valence-electron chi connectivity index (χ4n) is 1.33. The lowest BCUT2D eigenvalue weighted by molar-refractivity contribution is 0.295. The third kappa shape index (κ3) is 4.15. The maximum absolute atomic E-state index is 8.27. The van der Waals surface area contributed by atoms with Gasteiger partial charge in [-0.2, -0.15) is 5.26 Å². The molecule has 0 amide bonds. The summed E-state index contributed by atoms with van der Waals surface area (Å²) in [4.78, 5) is 4.10. The monoisotopic (exact) mass is 231 g/mol. The van der Waals surface area contributed by atoms with E-state index in [0.29, 0.717) is 6.61 Å². The van der Waals surface area contributed by atoms with E-state index in [1.807, 2.05) is 26.0 Å². The number of hydrogen-bond acceptors (Lipinski definition) is 3. The van der Waals surface area contributed by atoms with E-state index in [4.69, 9.17) is 10.00 Å². The number of aryl methyl sites for hydroxylation is 1. The van der Waals surface area contributed by atoms with E-state index in [0.717, 1.165) is 11.3 Å². The van der Waals surface area contributed by atoms with Gasteiger partial charge in [-0.25, -0.2) is 0 Å². The van der Waals surface area contributed by atoms with Crippen molar-refractivity contribution in [2.24, 2.45) is 4.99 Å². The molecular weight excluding hydrogens is 214 g/mol. The van der Waals surface area contributed by atoms with E-state index in [2.05, 4.69) is 23.3 Å². The summed E-state index contributed by atoms with van der Waals surface area (Å²) in [6.45, 7) is 6.52. The lowest BCUT2D eigenvalue weighted by Gasteiger charge is -2.12. The molecular formula is C13H17N3O. The molecule has 1 atom stereocenters. The topological polar surface area (TPSA) is 57.4 Å². The van der Waals surface area contributed by atoms with Crippen LogP contribution < -0.4 is 10.1 Å². The molecule has 0 aliphatic heterocycles. The van der Waals surface area contributed by atoms with E-state index < -0.39 is 0 Å². The van der Waals surface area contributed by atoms with Crippen molar-refractivity contribution in [3.05, 3.63) is 29.3 Å². The quantitative estimate of drug-likeness (QED) is 0.365. The molecule has 0 unspecified atom stereocenters. The van der Waals surface area contributed by atoms with Crippen molar-refractivity contribution >= 4 is 6.34 Å². The molecule has 0 heterocycles. The van der Waals surface area contributed by atoms with E-state index in [9.17, 15) is 0 Å². The maximum atomic E-state index is 8.27. The van der Waals surface area contributed by atoms with Crippen molar-refractivity contribution in [3.63, 3.8) is 0 Å². The van der Waals surface area contributed by atoms with Crippen molar-refractivity contribution < 1.29 is 4.74 Å².